The molecule has 0 amide bonds. The zero-order valence-electron chi connectivity index (χ0n) is 15.3. The Morgan fingerprint density at radius 2 is 0.955 bits per heavy atom. The van der Waals surface area contributed by atoms with Gasteiger partial charge in [0.2, 0.25) is 0 Å². The van der Waals surface area contributed by atoms with Gasteiger partial charge in [0.25, 0.3) is 0 Å². The van der Waals surface area contributed by atoms with Gasteiger partial charge in [-0.2, -0.15) is 0 Å². The number of hydrogen-bond acceptors (Lipinski definition) is 2. The lowest BCUT2D eigenvalue weighted by atomic mass is 10.3. The summed E-state index contributed by atoms with van der Waals surface area (Å²) in [5.74, 6) is 1.83. The molecule has 0 atom stereocenters. The Morgan fingerprint density at radius 1 is 0.636 bits per heavy atom. The highest BCUT2D eigenvalue weighted by atomic mass is 16.5. The van der Waals surface area contributed by atoms with Crippen molar-refractivity contribution >= 4 is 0 Å². The van der Waals surface area contributed by atoms with E-state index in [2.05, 4.69) is 42.3 Å². The van der Waals surface area contributed by atoms with Gasteiger partial charge in [-0.1, -0.05) is 0 Å². The highest BCUT2D eigenvalue weighted by Crippen LogP contribution is 2.18. The minimum atomic E-state index is 0.763. The van der Waals surface area contributed by atoms with Gasteiger partial charge in [-0.3, -0.25) is 0 Å². The summed E-state index contributed by atoms with van der Waals surface area (Å²) >= 11 is 0. The second-order valence-corrected chi connectivity index (χ2v) is 7.90. The summed E-state index contributed by atoms with van der Waals surface area (Å²) in [6.07, 6.45) is 2.12. The molecule has 0 fully saturated rings. The van der Waals surface area contributed by atoms with Crippen molar-refractivity contribution in [2.24, 2.45) is 0 Å². The standard InChI is InChI=1S/C18H34N2O2/c1-19(2,3)13-7-15-21-17-9-11-18(12-10-17)22-16-8-14-20(4,5)6/h9-12H,7-8,13-16H2,1-6H3/q+2. The molecule has 0 heterocycles. The van der Waals surface area contributed by atoms with E-state index in [0.29, 0.717) is 0 Å². The van der Waals surface area contributed by atoms with Crippen LogP contribution in [0.1, 0.15) is 12.8 Å². The highest BCUT2D eigenvalue weighted by molar-refractivity contribution is 5.31. The molecular weight excluding hydrogens is 276 g/mol. The van der Waals surface area contributed by atoms with E-state index in [1.807, 2.05) is 24.3 Å². The lowest BCUT2D eigenvalue weighted by molar-refractivity contribution is -0.870. The van der Waals surface area contributed by atoms with Crippen LogP contribution in [0.4, 0.5) is 0 Å². The van der Waals surface area contributed by atoms with Crippen LogP contribution in [0.15, 0.2) is 24.3 Å². The van der Waals surface area contributed by atoms with Gasteiger partial charge >= 0.3 is 0 Å². The van der Waals surface area contributed by atoms with Gasteiger partial charge in [-0.25, -0.2) is 0 Å². The number of nitrogens with zero attached hydrogens (tertiary/aromatic N) is 2. The molecule has 126 valence electrons. The molecule has 0 saturated carbocycles. The number of quaternary nitrogens is 2. The van der Waals surface area contributed by atoms with Crippen molar-refractivity contribution in [1.82, 2.24) is 0 Å². The predicted molar refractivity (Wildman–Crippen MR) is 92.5 cm³/mol. The first-order valence-corrected chi connectivity index (χ1v) is 8.12. The fraction of sp³-hybridized carbons (Fsp3) is 0.667. The normalized spacial score (nSPS) is 12.3. The zero-order chi connectivity index (χ0) is 16.6. The lowest BCUT2D eigenvalue weighted by Crippen LogP contribution is -2.36. The minimum absolute atomic E-state index is 0.763. The lowest BCUT2D eigenvalue weighted by Gasteiger charge is -2.23. The molecule has 1 rings (SSSR count). The first-order valence-electron chi connectivity index (χ1n) is 8.12. The van der Waals surface area contributed by atoms with Crippen LogP contribution in [0.2, 0.25) is 0 Å². The van der Waals surface area contributed by atoms with Gasteiger partial charge in [0.15, 0.2) is 0 Å². The molecule has 0 aliphatic carbocycles. The monoisotopic (exact) mass is 310 g/mol. The molecule has 0 spiro atoms. The first kappa shape index (κ1) is 18.8. The third kappa shape index (κ3) is 9.64. The van der Waals surface area contributed by atoms with Gasteiger partial charge in [0.1, 0.15) is 11.5 Å². The van der Waals surface area contributed by atoms with Gasteiger partial charge in [-0.05, 0) is 24.3 Å². The summed E-state index contributed by atoms with van der Waals surface area (Å²) < 4.78 is 13.5. The van der Waals surface area contributed by atoms with Crippen LogP contribution in [0, 0.1) is 0 Å². The van der Waals surface area contributed by atoms with Crippen molar-refractivity contribution in [3.63, 3.8) is 0 Å². The molecule has 0 unspecified atom stereocenters. The summed E-state index contributed by atoms with van der Waals surface area (Å²) in [5, 5.41) is 0. The van der Waals surface area contributed by atoms with Gasteiger partial charge in [0.05, 0.1) is 68.6 Å². The topological polar surface area (TPSA) is 18.5 Å². The summed E-state index contributed by atoms with van der Waals surface area (Å²) in [6.45, 7) is 3.76. The van der Waals surface area contributed by atoms with E-state index in [9.17, 15) is 0 Å². The van der Waals surface area contributed by atoms with E-state index in [4.69, 9.17) is 9.47 Å². The molecule has 0 N–H and O–H groups in total. The van der Waals surface area contributed by atoms with Crippen molar-refractivity contribution in [3.05, 3.63) is 24.3 Å². The smallest absolute Gasteiger partial charge is 0.119 e. The number of hydrogen-bond donors (Lipinski definition) is 0. The van der Waals surface area contributed by atoms with Crippen molar-refractivity contribution in [2.45, 2.75) is 12.8 Å². The molecule has 0 radical (unpaired) electrons. The minimum Gasteiger partial charge on any atom is -0.493 e. The predicted octanol–water partition coefficient (Wildman–Crippen LogP) is 2.64. The number of rotatable bonds is 10. The second kappa shape index (κ2) is 8.39. The summed E-state index contributed by atoms with van der Waals surface area (Å²) in [5.41, 5.74) is 0. The average molecular weight is 310 g/mol. The first-order chi connectivity index (χ1) is 10.2. The van der Waals surface area contributed by atoms with E-state index < -0.39 is 0 Å². The van der Waals surface area contributed by atoms with E-state index in [-0.39, 0.29) is 0 Å². The summed E-state index contributed by atoms with van der Waals surface area (Å²) in [7, 11) is 13.2. The maximum atomic E-state index is 5.76. The maximum Gasteiger partial charge on any atom is 0.119 e. The van der Waals surface area contributed by atoms with Crippen molar-refractivity contribution < 1.29 is 18.4 Å². The van der Waals surface area contributed by atoms with Gasteiger partial charge in [0, 0.05) is 12.8 Å². The Morgan fingerprint density at radius 3 is 1.23 bits per heavy atom. The van der Waals surface area contributed by atoms with Gasteiger partial charge in [-0.15, -0.1) is 0 Å². The van der Waals surface area contributed by atoms with Crippen LogP contribution in [0.25, 0.3) is 0 Å². The van der Waals surface area contributed by atoms with Crippen LogP contribution in [0.3, 0.4) is 0 Å². The molecule has 1 aromatic carbocycles. The van der Waals surface area contributed by atoms with E-state index >= 15 is 0 Å². The molecule has 4 heteroatoms. The molecule has 4 nitrogen and oxygen atoms in total. The van der Waals surface area contributed by atoms with Crippen LogP contribution in [-0.2, 0) is 0 Å². The molecule has 0 aliphatic heterocycles. The fourth-order valence-corrected chi connectivity index (χ4v) is 2.09. The number of ether oxygens (including phenoxy) is 2. The average Bonchev–Trinajstić information content (AvgIpc) is 2.39. The van der Waals surface area contributed by atoms with Crippen LogP contribution >= 0.6 is 0 Å². The van der Waals surface area contributed by atoms with E-state index in [1.54, 1.807) is 0 Å². The van der Waals surface area contributed by atoms with Crippen molar-refractivity contribution in [2.75, 3.05) is 68.6 Å². The Balaban J connectivity index is 2.22. The molecule has 1 aromatic rings. The summed E-state index contributed by atoms with van der Waals surface area (Å²) in [6, 6.07) is 7.95. The maximum absolute atomic E-state index is 5.76. The highest BCUT2D eigenvalue weighted by Gasteiger charge is 2.07. The quantitative estimate of drug-likeness (QED) is 0.488. The third-order valence-electron chi connectivity index (χ3n) is 3.31. The molecular formula is C18H34N2O2+2. The van der Waals surface area contributed by atoms with Crippen molar-refractivity contribution in [1.29, 1.82) is 0 Å². The molecule has 0 bridgehead atoms. The second-order valence-electron chi connectivity index (χ2n) is 7.90. The van der Waals surface area contributed by atoms with Crippen LogP contribution < -0.4 is 9.47 Å². The Bertz CT molecular complexity index is 375. The van der Waals surface area contributed by atoms with E-state index in [0.717, 1.165) is 59.6 Å². The SMILES string of the molecule is C[N+](C)(C)CCCOc1ccc(OCCC[N+](C)(C)C)cc1. The molecule has 22 heavy (non-hydrogen) atoms. The third-order valence-corrected chi connectivity index (χ3v) is 3.31. The molecule has 0 saturated heterocycles. The van der Waals surface area contributed by atoms with Crippen LogP contribution in [-0.4, -0.2) is 77.6 Å². The Labute approximate surface area is 136 Å². The summed E-state index contributed by atoms with van der Waals surface area (Å²) in [4.78, 5) is 0. The Kier molecular flexibility index (Phi) is 7.17. The zero-order valence-corrected chi connectivity index (χ0v) is 15.3. The van der Waals surface area contributed by atoms with Crippen LogP contribution in [0.5, 0.6) is 11.5 Å². The molecule has 0 aliphatic rings. The fourth-order valence-electron chi connectivity index (χ4n) is 2.09. The number of benzene rings is 1. The van der Waals surface area contributed by atoms with E-state index in [1.165, 1.54) is 0 Å². The Hall–Kier alpha value is -1.26. The van der Waals surface area contributed by atoms with Gasteiger partial charge < -0.3 is 18.4 Å². The molecule has 0 aromatic heterocycles. The largest absolute Gasteiger partial charge is 0.493 e. The van der Waals surface area contributed by atoms with Crippen molar-refractivity contribution in [3.8, 4) is 11.5 Å².